The third-order valence-electron chi connectivity index (χ3n) is 2.82. The van der Waals surface area contributed by atoms with Crippen LogP contribution in [0.2, 0.25) is 0 Å². The van der Waals surface area contributed by atoms with Gasteiger partial charge in [0.2, 0.25) is 0 Å². The number of carbonyl (C=O) groups excluding carboxylic acids is 1. The molecule has 0 aliphatic heterocycles. The molecule has 0 saturated heterocycles. The summed E-state index contributed by atoms with van der Waals surface area (Å²) in [4.78, 5) is 11.4. The van der Waals surface area contributed by atoms with Crippen LogP contribution < -0.4 is 0 Å². The van der Waals surface area contributed by atoms with E-state index in [1.165, 1.54) is 15.6 Å². The van der Waals surface area contributed by atoms with Crippen LogP contribution in [0.1, 0.15) is 24.1 Å². The highest BCUT2D eigenvalue weighted by molar-refractivity contribution is 7.11. The minimum Gasteiger partial charge on any atom is -0.468 e. The number of thiophene rings is 1. The van der Waals surface area contributed by atoms with Crippen molar-refractivity contribution in [3.8, 4) is 0 Å². The minimum absolute atomic E-state index is 0.521. The first-order chi connectivity index (χ1) is 8.42. The maximum absolute atomic E-state index is 9.95. The van der Waals surface area contributed by atoms with E-state index in [2.05, 4.69) is 34.4 Å². The molecule has 1 heterocycles. The molecule has 0 N–H and O–H groups in total. The van der Waals surface area contributed by atoms with Crippen LogP contribution in [0.4, 0.5) is 0 Å². The molecule has 0 aliphatic rings. The lowest BCUT2D eigenvalue weighted by Crippen LogP contribution is -1.92. The summed E-state index contributed by atoms with van der Waals surface area (Å²) in [6, 6.07) is 8.52. The Hall–Kier alpha value is -1.35. The predicted molar refractivity (Wildman–Crippen MR) is 71.4 cm³/mol. The van der Waals surface area contributed by atoms with E-state index in [1.807, 2.05) is 11.3 Å². The van der Waals surface area contributed by atoms with E-state index in [0.717, 1.165) is 25.7 Å². The van der Waals surface area contributed by atoms with Crippen molar-refractivity contribution in [2.75, 3.05) is 6.61 Å². The molecule has 0 amide bonds. The van der Waals surface area contributed by atoms with Gasteiger partial charge in [-0.1, -0.05) is 24.3 Å². The number of ether oxygens (including phenoxy) is 1. The summed E-state index contributed by atoms with van der Waals surface area (Å²) >= 11 is 1.84. The van der Waals surface area contributed by atoms with E-state index in [-0.39, 0.29) is 0 Å². The van der Waals surface area contributed by atoms with Crippen molar-refractivity contribution in [2.24, 2.45) is 0 Å². The van der Waals surface area contributed by atoms with Crippen LogP contribution in [-0.4, -0.2) is 13.1 Å². The second-order valence-corrected chi connectivity index (χ2v) is 4.99. The SMILES string of the molecule is O=COCCCCCc1scc2ccccc12. The largest absolute Gasteiger partial charge is 0.468 e. The van der Waals surface area contributed by atoms with Crippen LogP contribution in [0.3, 0.4) is 0 Å². The first-order valence-electron chi connectivity index (χ1n) is 5.92. The van der Waals surface area contributed by atoms with Gasteiger partial charge in [0.1, 0.15) is 0 Å². The maximum atomic E-state index is 9.95. The lowest BCUT2D eigenvalue weighted by molar-refractivity contribution is -0.128. The van der Waals surface area contributed by atoms with E-state index in [0.29, 0.717) is 13.1 Å². The van der Waals surface area contributed by atoms with Crippen LogP contribution in [-0.2, 0) is 16.0 Å². The van der Waals surface area contributed by atoms with Crippen LogP contribution in [0.5, 0.6) is 0 Å². The summed E-state index contributed by atoms with van der Waals surface area (Å²) in [7, 11) is 0. The normalized spacial score (nSPS) is 10.6. The number of rotatable bonds is 7. The number of hydrogen-bond acceptors (Lipinski definition) is 3. The Morgan fingerprint density at radius 1 is 1.18 bits per heavy atom. The van der Waals surface area contributed by atoms with E-state index in [9.17, 15) is 4.79 Å². The van der Waals surface area contributed by atoms with Crippen molar-refractivity contribution in [1.82, 2.24) is 0 Å². The molecule has 90 valence electrons. The molecular formula is C14H16O2S. The Labute approximate surface area is 105 Å². The van der Waals surface area contributed by atoms with Gasteiger partial charge in [-0.25, -0.2) is 0 Å². The molecule has 1 aromatic carbocycles. The first-order valence-corrected chi connectivity index (χ1v) is 6.80. The molecule has 0 fully saturated rings. The topological polar surface area (TPSA) is 26.3 Å². The lowest BCUT2D eigenvalue weighted by Gasteiger charge is -2.00. The van der Waals surface area contributed by atoms with Gasteiger partial charge in [-0.05, 0) is 41.8 Å². The summed E-state index contributed by atoms with van der Waals surface area (Å²) in [6.45, 7) is 1.07. The van der Waals surface area contributed by atoms with E-state index in [1.54, 1.807) is 0 Å². The number of unbranched alkanes of at least 4 members (excludes halogenated alkanes) is 2. The number of carbonyl (C=O) groups is 1. The maximum Gasteiger partial charge on any atom is 0.293 e. The van der Waals surface area contributed by atoms with Crippen molar-refractivity contribution >= 4 is 28.6 Å². The van der Waals surface area contributed by atoms with Gasteiger partial charge < -0.3 is 4.74 Å². The van der Waals surface area contributed by atoms with Gasteiger partial charge in [-0.15, -0.1) is 11.3 Å². The molecule has 0 saturated carbocycles. The van der Waals surface area contributed by atoms with Gasteiger partial charge in [0, 0.05) is 4.88 Å². The van der Waals surface area contributed by atoms with Gasteiger partial charge in [0.05, 0.1) is 6.61 Å². The molecule has 3 heteroatoms. The van der Waals surface area contributed by atoms with Gasteiger partial charge >= 0.3 is 0 Å². The third-order valence-corrected chi connectivity index (χ3v) is 3.90. The van der Waals surface area contributed by atoms with Crippen molar-refractivity contribution in [3.05, 3.63) is 34.5 Å². The van der Waals surface area contributed by atoms with Gasteiger partial charge in [0.25, 0.3) is 6.47 Å². The van der Waals surface area contributed by atoms with Gasteiger partial charge in [-0.3, -0.25) is 4.79 Å². The average molecular weight is 248 g/mol. The fourth-order valence-electron chi connectivity index (χ4n) is 1.94. The minimum atomic E-state index is 0.521. The smallest absolute Gasteiger partial charge is 0.293 e. The van der Waals surface area contributed by atoms with Crippen LogP contribution in [0.15, 0.2) is 29.6 Å². The standard InChI is InChI=1S/C14H16O2S/c15-11-16-9-5-1-2-8-14-13-7-4-3-6-12(13)10-17-14/h3-4,6-7,10-11H,1-2,5,8-9H2. The Bertz CT molecular complexity index is 476. The number of benzene rings is 1. The summed E-state index contributed by atoms with van der Waals surface area (Å²) in [5, 5.41) is 4.96. The fourth-order valence-corrected chi connectivity index (χ4v) is 2.99. The molecule has 1 aromatic heterocycles. The first kappa shape index (κ1) is 12.1. The fraction of sp³-hybridized carbons (Fsp3) is 0.357. The summed E-state index contributed by atoms with van der Waals surface area (Å²) in [5.41, 5.74) is 0. The molecule has 0 atom stereocenters. The molecule has 0 radical (unpaired) electrons. The Kier molecular flexibility index (Phi) is 4.56. The predicted octanol–water partition coefficient (Wildman–Crippen LogP) is 3.79. The van der Waals surface area contributed by atoms with Gasteiger partial charge in [0.15, 0.2) is 0 Å². The number of fused-ring (bicyclic) bond motifs is 1. The highest BCUT2D eigenvalue weighted by Gasteiger charge is 2.02. The second-order valence-electron chi connectivity index (χ2n) is 4.02. The number of hydrogen-bond donors (Lipinski definition) is 0. The van der Waals surface area contributed by atoms with Crippen LogP contribution in [0.25, 0.3) is 10.8 Å². The molecule has 0 aliphatic carbocycles. The second kappa shape index (κ2) is 6.40. The number of aryl methyl sites for hydroxylation is 1. The van der Waals surface area contributed by atoms with Gasteiger partial charge in [-0.2, -0.15) is 0 Å². The zero-order valence-corrected chi connectivity index (χ0v) is 10.5. The third kappa shape index (κ3) is 3.30. The van der Waals surface area contributed by atoms with Crippen molar-refractivity contribution < 1.29 is 9.53 Å². The summed E-state index contributed by atoms with van der Waals surface area (Å²) < 4.78 is 4.66. The molecule has 0 bridgehead atoms. The highest BCUT2D eigenvalue weighted by atomic mass is 32.1. The molecule has 2 rings (SSSR count). The molecule has 0 unspecified atom stereocenters. The van der Waals surface area contributed by atoms with E-state index < -0.39 is 0 Å². The van der Waals surface area contributed by atoms with Crippen molar-refractivity contribution in [1.29, 1.82) is 0 Å². The summed E-state index contributed by atoms with van der Waals surface area (Å²) in [6.07, 6.45) is 4.36. The lowest BCUT2D eigenvalue weighted by atomic mass is 10.1. The van der Waals surface area contributed by atoms with E-state index >= 15 is 0 Å². The van der Waals surface area contributed by atoms with Crippen molar-refractivity contribution in [3.63, 3.8) is 0 Å². The monoisotopic (exact) mass is 248 g/mol. The summed E-state index contributed by atoms with van der Waals surface area (Å²) in [5.74, 6) is 0. The molecular weight excluding hydrogens is 232 g/mol. The van der Waals surface area contributed by atoms with Crippen LogP contribution in [0, 0.1) is 0 Å². The molecule has 2 aromatic rings. The van der Waals surface area contributed by atoms with Crippen LogP contribution >= 0.6 is 11.3 Å². The van der Waals surface area contributed by atoms with E-state index in [4.69, 9.17) is 0 Å². The highest BCUT2D eigenvalue weighted by Crippen LogP contribution is 2.26. The zero-order valence-electron chi connectivity index (χ0n) is 9.72. The zero-order chi connectivity index (χ0) is 11.9. The molecule has 17 heavy (non-hydrogen) atoms. The molecule has 0 spiro atoms. The molecule has 2 nitrogen and oxygen atoms in total. The quantitative estimate of drug-likeness (QED) is 0.550. The van der Waals surface area contributed by atoms with Crippen molar-refractivity contribution in [2.45, 2.75) is 25.7 Å². The Balaban J connectivity index is 1.81. The Morgan fingerprint density at radius 2 is 2.06 bits per heavy atom. The Morgan fingerprint density at radius 3 is 2.94 bits per heavy atom. The average Bonchev–Trinajstić information content (AvgIpc) is 2.77.